The predicted molar refractivity (Wildman–Crippen MR) is 77.5 cm³/mol. The minimum Gasteiger partial charge on any atom is -0.481 e. The summed E-state index contributed by atoms with van der Waals surface area (Å²) in [7, 11) is -3.52. The number of aliphatic carboxylic acids is 1. The van der Waals surface area contributed by atoms with Crippen LogP contribution in [-0.2, 0) is 21.2 Å². The van der Waals surface area contributed by atoms with Crippen molar-refractivity contribution in [3.8, 4) is 0 Å². The molecule has 7 heteroatoms. The molecule has 0 bridgehead atoms. The summed E-state index contributed by atoms with van der Waals surface area (Å²) >= 11 is 1.03. The summed E-state index contributed by atoms with van der Waals surface area (Å²) in [6.45, 7) is 0. The summed E-state index contributed by atoms with van der Waals surface area (Å²) in [6.07, 6.45) is 6.08. The lowest BCUT2D eigenvalue weighted by Crippen LogP contribution is -2.33. The molecule has 1 aliphatic carbocycles. The van der Waals surface area contributed by atoms with Crippen LogP contribution in [0.25, 0.3) is 0 Å². The van der Waals surface area contributed by atoms with Gasteiger partial charge in [-0.2, -0.15) is 0 Å². The standard InChI is InChI=1S/C13H19NO4S2/c15-12(16)9-11-7-8-13(19-11)20(17,18)14-10-5-3-1-2-4-6-10/h7-8,10,14H,1-6,9H2,(H,15,16). The van der Waals surface area contributed by atoms with Crippen molar-refractivity contribution in [2.24, 2.45) is 0 Å². The van der Waals surface area contributed by atoms with Crippen LogP contribution < -0.4 is 4.72 Å². The van der Waals surface area contributed by atoms with Crippen LogP contribution in [0.15, 0.2) is 16.3 Å². The molecule has 1 saturated carbocycles. The van der Waals surface area contributed by atoms with Gasteiger partial charge in [0.1, 0.15) is 4.21 Å². The number of thiophene rings is 1. The lowest BCUT2D eigenvalue weighted by atomic mass is 10.1. The van der Waals surface area contributed by atoms with Crippen LogP contribution in [-0.4, -0.2) is 25.5 Å². The van der Waals surface area contributed by atoms with Gasteiger partial charge in [0.25, 0.3) is 0 Å². The molecule has 0 amide bonds. The summed E-state index contributed by atoms with van der Waals surface area (Å²) in [5, 5.41) is 8.71. The fourth-order valence-electron chi connectivity index (χ4n) is 2.42. The zero-order chi connectivity index (χ0) is 14.6. The van der Waals surface area contributed by atoms with Crippen LogP contribution in [0.2, 0.25) is 0 Å². The number of hydrogen-bond donors (Lipinski definition) is 2. The van der Waals surface area contributed by atoms with E-state index in [9.17, 15) is 13.2 Å². The molecule has 112 valence electrons. The third-order valence-corrected chi connectivity index (χ3v) is 6.50. The molecule has 1 fully saturated rings. The van der Waals surface area contributed by atoms with Gasteiger partial charge in [0, 0.05) is 10.9 Å². The van der Waals surface area contributed by atoms with Gasteiger partial charge in [0.2, 0.25) is 10.0 Å². The van der Waals surface area contributed by atoms with Crippen molar-refractivity contribution in [2.45, 2.75) is 55.2 Å². The smallest absolute Gasteiger partial charge is 0.308 e. The first-order valence-corrected chi connectivity index (χ1v) is 9.10. The summed E-state index contributed by atoms with van der Waals surface area (Å²) in [6, 6.07) is 3.06. The van der Waals surface area contributed by atoms with E-state index in [0.29, 0.717) is 4.88 Å². The monoisotopic (exact) mass is 317 g/mol. The van der Waals surface area contributed by atoms with Gasteiger partial charge in [-0.25, -0.2) is 13.1 Å². The highest BCUT2D eigenvalue weighted by Gasteiger charge is 2.22. The van der Waals surface area contributed by atoms with Crippen molar-refractivity contribution in [1.82, 2.24) is 4.72 Å². The Kier molecular flexibility index (Phi) is 5.17. The molecule has 2 rings (SSSR count). The molecule has 0 atom stereocenters. The highest BCUT2D eigenvalue weighted by molar-refractivity contribution is 7.91. The summed E-state index contributed by atoms with van der Waals surface area (Å²) in [5.41, 5.74) is 0. The van der Waals surface area contributed by atoms with Gasteiger partial charge in [-0.3, -0.25) is 4.79 Å². The molecular weight excluding hydrogens is 298 g/mol. The fourth-order valence-corrected chi connectivity index (χ4v) is 5.09. The zero-order valence-electron chi connectivity index (χ0n) is 11.2. The highest BCUT2D eigenvalue weighted by atomic mass is 32.2. The normalized spacial score (nSPS) is 17.8. The van der Waals surface area contributed by atoms with Crippen molar-refractivity contribution < 1.29 is 18.3 Å². The minimum absolute atomic E-state index is 0.00697. The Hall–Kier alpha value is -0.920. The third kappa shape index (κ3) is 4.29. The predicted octanol–water partition coefficient (Wildman–Crippen LogP) is 2.38. The number of hydrogen-bond acceptors (Lipinski definition) is 4. The first kappa shape index (κ1) is 15.5. The SMILES string of the molecule is O=C(O)Cc1ccc(S(=O)(=O)NC2CCCCCC2)s1. The topological polar surface area (TPSA) is 83.5 Å². The fraction of sp³-hybridized carbons (Fsp3) is 0.615. The van der Waals surface area contributed by atoms with E-state index in [-0.39, 0.29) is 16.7 Å². The number of sulfonamides is 1. The molecule has 1 aliphatic rings. The molecular formula is C13H19NO4S2. The first-order chi connectivity index (χ1) is 9.47. The molecule has 0 radical (unpaired) electrons. The Balaban J connectivity index is 2.05. The second-order valence-corrected chi connectivity index (χ2v) is 8.21. The summed E-state index contributed by atoms with van der Waals surface area (Å²) < 4.78 is 27.5. The Labute approximate surface area is 123 Å². The molecule has 0 aliphatic heterocycles. The van der Waals surface area contributed by atoms with E-state index in [4.69, 9.17) is 5.11 Å². The maximum absolute atomic E-state index is 12.3. The quantitative estimate of drug-likeness (QED) is 0.817. The van der Waals surface area contributed by atoms with Gasteiger partial charge in [-0.15, -0.1) is 11.3 Å². The summed E-state index contributed by atoms with van der Waals surface area (Å²) in [4.78, 5) is 11.2. The van der Waals surface area contributed by atoms with Crippen LogP contribution >= 0.6 is 11.3 Å². The molecule has 2 N–H and O–H groups in total. The molecule has 20 heavy (non-hydrogen) atoms. The minimum atomic E-state index is -3.52. The van der Waals surface area contributed by atoms with Crippen molar-refractivity contribution in [3.05, 3.63) is 17.0 Å². The van der Waals surface area contributed by atoms with E-state index >= 15 is 0 Å². The number of carboxylic acids is 1. The van der Waals surface area contributed by atoms with E-state index in [1.807, 2.05) is 0 Å². The van der Waals surface area contributed by atoms with Crippen molar-refractivity contribution in [1.29, 1.82) is 0 Å². The Morgan fingerprint density at radius 2 is 1.90 bits per heavy atom. The largest absolute Gasteiger partial charge is 0.481 e. The molecule has 0 spiro atoms. The molecule has 0 unspecified atom stereocenters. The second kappa shape index (κ2) is 6.69. The average molecular weight is 317 g/mol. The maximum Gasteiger partial charge on any atom is 0.308 e. The van der Waals surface area contributed by atoms with Gasteiger partial charge < -0.3 is 5.11 Å². The van der Waals surface area contributed by atoms with Gasteiger partial charge in [0.05, 0.1) is 6.42 Å². The van der Waals surface area contributed by atoms with Crippen LogP contribution in [0, 0.1) is 0 Å². The maximum atomic E-state index is 12.3. The van der Waals surface area contributed by atoms with E-state index < -0.39 is 16.0 Å². The van der Waals surface area contributed by atoms with E-state index in [2.05, 4.69) is 4.72 Å². The molecule has 1 heterocycles. The lowest BCUT2D eigenvalue weighted by molar-refractivity contribution is -0.136. The van der Waals surface area contributed by atoms with Gasteiger partial charge >= 0.3 is 5.97 Å². The lowest BCUT2D eigenvalue weighted by Gasteiger charge is -2.15. The number of nitrogens with one attached hydrogen (secondary N) is 1. The molecule has 0 aromatic carbocycles. The van der Waals surface area contributed by atoms with Crippen LogP contribution in [0.5, 0.6) is 0 Å². The Morgan fingerprint density at radius 3 is 2.50 bits per heavy atom. The zero-order valence-corrected chi connectivity index (χ0v) is 12.8. The van der Waals surface area contributed by atoms with Crippen LogP contribution in [0.1, 0.15) is 43.4 Å². The number of carbonyl (C=O) groups is 1. The van der Waals surface area contributed by atoms with Gasteiger partial charge in [-0.1, -0.05) is 25.7 Å². The first-order valence-electron chi connectivity index (χ1n) is 6.80. The van der Waals surface area contributed by atoms with Crippen LogP contribution in [0.3, 0.4) is 0 Å². The van der Waals surface area contributed by atoms with Gasteiger partial charge in [-0.05, 0) is 25.0 Å². The number of carboxylic acid groups (broad SMARTS) is 1. The van der Waals surface area contributed by atoms with Crippen molar-refractivity contribution >= 4 is 27.3 Å². The van der Waals surface area contributed by atoms with Crippen molar-refractivity contribution in [3.63, 3.8) is 0 Å². The third-order valence-electron chi connectivity index (χ3n) is 3.40. The summed E-state index contributed by atoms with van der Waals surface area (Å²) in [5.74, 6) is -0.951. The Morgan fingerprint density at radius 1 is 1.25 bits per heavy atom. The molecule has 1 aromatic rings. The van der Waals surface area contributed by atoms with E-state index in [0.717, 1.165) is 37.0 Å². The second-order valence-electron chi connectivity index (χ2n) is 5.10. The van der Waals surface area contributed by atoms with Gasteiger partial charge in [0.15, 0.2) is 0 Å². The van der Waals surface area contributed by atoms with Crippen molar-refractivity contribution in [2.75, 3.05) is 0 Å². The molecule has 5 nitrogen and oxygen atoms in total. The number of rotatable bonds is 5. The van der Waals surface area contributed by atoms with E-state index in [1.54, 1.807) is 6.07 Å². The Bertz CT molecular complexity index is 557. The highest BCUT2D eigenvalue weighted by Crippen LogP contribution is 2.24. The molecule has 0 saturated heterocycles. The van der Waals surface area contributed by atoms with E-state index in [1.165, 1.54) is 18.9 Å². The van der Waals surface area contributed by atoms with Crippen LogP contribution in [0.4, 0.5) is 0 Å². The average Bonchev–Trinajstić information content (AvgIpc) is 2.67. The molecule has 1 aromatic heterocycles.